The minimum absolute atomic E-state index is 0.384. The second-order valence-electron chi connectivity index (χ2n) is 5.12. The highest BCUT2D eigenvalue weighted by Gasteiger charge is 2.05. The third-order valence-electron chi connectivity index (χ3n) is 3.36. The lowest BCUT2D eigenvalue weighted by Gasteiger charge is -2.17. The maximum atomic E-state index is 3.58. The van der Waals surface area contributed by atoms with Crippen LogP contribution in [0, 0.1) is 0 Å². The van der Waals surface area contributed by atoms with E-state index in [2.05, 4.69) is 83.6 Å². The summed E-state index contributed by atoms with van der Waals surface area (Å²) in [4.78, 5) is 3.54. The van der Waals surface area contributed by atoms with Crippen LogP contribution in [0.5, 0.6) is 0 Å². The van der Waals surface area contributed by atoms with Crippen LogP contribution in [0.4, 0.5) is 5.69 Å². The highest BCUT2D eigenvalue weighted by molar-refractivity contribution is 9.11. The molecule has 0 saturated carbocycles. The van der Waals surface area contributed by atoms with E-state index in [1.54, 1.807) is 0 Å². The highest BCUT2D eigenvalue weighted by Crippen LogP contribution is 2.22. The van der Waals surface area contributed by atoms with Gasteiger partial charge in [0, 0.05) is 37.2 Å². The van der Waals surface area contributed by atoms with Crippen LogP contribution in [0.25, 0.3) is 0 Å². The van der Waals surface area contributed by atoms with Gasteiger partial charge in [-0.1, -0.05) is 12.1 Å². The summed E-state index contributed by atoms with van der Waals surface area (Å²) in [5.74, 6) is 0. The van der Waals surface area contributed by atoms with Gasteiger partial charge in [-0.3, -0.25) is 0 Å². The van der Waals surface area contributed by atoms with Crippen molar-refractivity contribution in [3.63, 3.8) is 0 Å². The van der Waals surface area contributed by atoms with E-state index in [1.165, 1.54) is 19.9 Å². The van der Waals surface area contributed by atoms with Crippen molar-refractivity contribution < 1.29 is 0 Å². The third-order valence-corrected chi connectivity index (χ3v) is 5.04. The summed E-state index contributed by atoms with van der Waals surface area (Å²) in [7, 11) is 4.13. The van der Waals surface area contributed by atoms with Crippen molar-refractivity contribution in [3.05, 3.63) is 50.6 Å². The summed E-state index contributed by atoms with van der Waals surface area (Å²) in [6, 6.07) is 13.4. The fraction of sp³-hybridized carbons (Fsp3) is 0.375. The average Bonchev–Trinajstić information content (AvgIpc) is 2.84. The molecule has 0 radical (unpaired) electrons. The first kappa shape index (κ1) is 15.5. The SMILES string of the molecule is CC(NCCc1ccc(Br)s1)c1ccc(N(C)C)cc1. The highest BCUT2D eigenvalue weighted by atomic mass is 79.9. The van der Waals surface area contributed by atoms with Crippen LogP contribution in [-0.2, 0) is 6.42 Å². The predicted molar refractivity (Wildman–Crippen MR) is 92.9 cm³/mol. The Morgan fingerprint density at radius 3 is 2.40 bits per heavy atom. The molecule has 0 fully saturated rings. The van der Waals surface area contributed by atoms with Gasteiger partial charge in [0.2, 0.25) is 0 Å². The van der Waals surface area contributed by atoms with Gasteiger partial charge >= 0.3 is 0 Å². The lowest BCUT2D eigenvalue weighted by atomic mass is 10.1. The molecule has 4 heteroatoms. The van der Waals surface area contributed by atoms with Gasteiger partial charge in [0.05, 0.1) is 3.79 Å². The molecule has 0 aliphatic rings. The first-order chi connectivity index (χ1) is 9.56. The van der Waals surface area contributed by atoms with Crippen LogP contribution >= 0.6 is 27.3 Å². The number of hydrogen-bond donors (Lipinski definition) is 1. The number of thiophene rings is 1. The first-order valence-electron chi connectivity index (χ1n) is 6.81. The third kappa shape index (κ3) is 4.33. The second-order valence-corrected chi connectivity index (χ2v) is 7.67. The first-order valence-corrected chi connectivity index (χ1v) is 8.42. The molecule has 1 unspecified atom stereocenters. The lowest BCUT2D eigenvalue weighted by molar-refractivity contribution is 0.578. The zero-order valence-corrected chi connectivity index (χ0v) is 14.6. The summed E-state index contributed by atoms with van der Waals surface area (Å²) < 4.78 is 1.21. The maximum absolute atomic E-state index is 3.58. The molecule has 1 atom stereocenters. The average molecular weight is 353 g/mol. The number of anilines is 1. The molecule has 1 heterocycles. The minimum atomic E-state index is 0.384. The lowest BCUT2D eigenvalue weighted by Crippen LogP contribution is -2.21. The van der Waals surface area contributed by atoms with Gasteiger partial charge < -0.3 is 10.2 Å². The predicted octanol–water partition coefficient (Wildman–Crippen LogP) is 4.47. The van der Waals surface area contributed by atoms with Gasteiger partial charge in [-0.15, -0.1) is 11.3 Å². The molecule has 1 aromatic heterocycles. The van der Waals surface area contributed by atoms with Crippen LogP contribution < -0.4 is 10.2 Å². The number of benzene rings is 1. The molecule has 0 aliphatic heterocycles. The zero-order chi connectivity index (χ0) is 14.5. The molecular weight excluding hydrogens is 332 g/mol. The van der Waals surface area contributed by atoms with Gasteiger partial charge in [-0.05, 0) is 59.1 Å². The van der Waals surface area contributed by atoms with E-state index in [0.29, 0.717) is 6.04 Å². The molecule has 2 rings (SSSR count). The smallest absolute Gasteiger partial charge is 0.0701 e. The van der Waals surface area contributed by atoms with Gasteiger partial charge in [0.15, 0.2) is 0 Å². The molecule has 2 nitrogen and oxygen atoms in total. The summed E-state index contributed by atoms with van der Waals surface area (Å²) >= 11 is 5.31. The number of rotatable bonds is 6. The summed E-state index contributed by atoms with van der Waals surface area (Å²) in [5.41, 5.74) is 2.58. The monoisotopic (exact) mass is 352 g/mol. The molecule has 1 N–H and O–H groups in total. The van der Waals surface area contributed by atoms with Crippen molar-refractivity contribution >= 4 is 33.0 Å². The Balaban J connectivity index is 1.83. The molecular formula is C16H21BrN2S. The van der Waals surface area contributed by atoms with Crippen molar-refractivity contribution in [3.8, 4) is 0 Å². The van der Waals surface area contributed by atoms with Crippen LogP contribution in [0.1, 0.15) is 23.4 Å². The molecule has 0 aliphatic carbocycles. The van der Waals surface area contributed by atoms with Gasteiger partial charge in [0.25, 0.3) is 0 Å². The molecule has 0 amide bonds. The topological polar surface area (TPSA) is 15.3 Å². The maximum Gasteiger partial charge on any atom is 0.0701 e. The molecule has 0 spiro atoms. The molecule has 1 aromatic carbocycles. The number of nitrogens with zero attached hydrogens (tertiary/aromatic N) is 1. The van der Waals surface area contributed by atoms with E-state index in [9.17, 15) is 0 Å². The summed E-state index contributed by atoms with van der Waals surface area (Å²) in [6.07, 6.45) is 1.08. The summed E-state index contributed by atoms with van der Waals surface area (Å²) in [5, 5.41) is 3.58. The van der Waals surface area contributed by atoms with E-state index in [4.69, 9.17) is 0 Å². The Hall–Kier alpha value is -0.840. The zero-order valence-electron chi connectivity index (χ0n) is 12.2. The van der Waals surface area contributed by atoms with Crippen LogP contribution in [0.3, 0.4) is 0 Å². The normalized spacial score (nSPS) is 12.4. The van der Waals surface area contributed by atoms with Crippen molar-refractivity contribution in [1.82, 2.24) is 5.32 Å². The number of halogens is 1. The molecule has 0 saturated heterocycles. The molecule has 2 aromatic rings. The Morgan fingerprint density at radius 1 is 1.15 bits per heavy atom. The Kier molecular flexibility index (Phi) is 5.64. The molecule has 0 bridgehead atoms. The molecule has 20 heavy (non-hydrogen) atoms. The van der Waals surface area contributed by atoms with E-state index >= 15 is 0 Å². The Bertz CT molecular complexity index is 534. The van der Waals surface area contributed by atoms with Gasteiger partial charge in [-0.25, -0.2) is 0 Å². The fourth-order valence-corrected chi connectivity index (χ4v) is 3.56. The van der Waals surface area contributed by atoms with Crippen molar-refractivity contribution in [2.45, 2.75) is 19.4 Å². The quantitative estimate of drug-likeness (QED) is 0.824. The largest absolute Gasteiger partial charge is 0.378 e. The molecule has 108 valence electrons. The Labute approximate surface area is 133 Å². The Morgan fingerprint density at radius 2 is 1.85 bits per heavy atom. The fourth-order valence-electron chi connectivity index (χ4n) is 2.08. The van der Waals surface area contributed by atoms with Gasteiger partial charge in [-0.2, -0.15) is 0 Å². The summed E-state index contributed by atoms with van der Waals surface area (Å²) in [6.45, 7) is 3.22. The van der Waals surface area contributed by atoms with Crippen LogP contribution in [0.2, 0.25) is 0 Å². The van der Waals surface area contributed by atoms with E-state index in [1.807, 2.05) is 11.3 Å². The number of hydrogen-bond acceptors (Lipinski definition) is 3. The van der Waals surface area contributed by atoms with E-state index in [-0.39, 0.29) is 0 Å². The van der Waals surface area contributed by atoms with Crippen molar-refractivity contribution in [2.24, 2.45) is 0 Å². The van der Waals surface area contributed by atoms with Crippen LogP contribution in [0.15, 0.2) is 40.2 Å². The van der Waals surface area contributed by atoms with E-state index in [0.717, 1.165) is 13.0 Å². The second kappa shape index (κ2) is 7.25. The van der Waals surface area contributed by atoms with Gasteiger partial charge in [0.1, 0.15) is 0 Å². The van der Waals surface area contributed by atoms with Crippen molar-refractivity contribution in [1.29, 1.82) is 0 Å². The van der Waals surface area contributed by atoms with Crippen LogP contribution in [-0.4, -0.2) is 20.6 Å². The number of nitrogens with one attached hydrogen (secondary N) is 1. The van der Waals surface area contributed by atoms with E-state index < -0.39 is 0 Å². The standard InChI is InChI=1S/C16H21BrN2S/c1-12(13-4-6-14(7-5-13)19(2)3)18-11-10-15-8-9-16(17)20-15/h4-9,12,18H,10-11H2,1-3H3. The van der Waals surface area contributed by atoms with Crippen molar-refractivity contribution in [2.75, 3.05) is 25.5 Å². The minimum Gasteiger partial charge on any atom is -0.378 e.